The molecule has 2 rings (SSSR count). The van der Waals surface area contributed by atoms with Gasteiger partial charge in [0.25, 0.3) is 0 Å². The Morgan fingerprint density at radius 2 is 2.47 bits per heavy atom. The predicted molar refractivity (Wildman–Crippen MR) is 61.9 cm³/mol. The second kappa shape index (κ2) is 5.75. The summed E-state index contributed by atoms with van der Waals surface area (Å²) in [5.41, 5.74) is 0.823. The minimum atomic E-state index is -0.994. The van der Waals surface area contributed by atoms with Gasteiger partial charge in [-0.1, -0.05) is 6.07 Å². The van der Waals surface area contributed by atoms with Gasteiger partial charge in [-0.25, -0.2) is 9.78 Å². The van der Waals surface area contributed by atoms with Gasteiger partial charge < -0.3 is 15.2 Å². The van der Waals surface area contributed by atoms with E-state index in [2.05, 4.69) is 10.3 Å². The van der Waals surface area contributed by atoms with E-state index in [0.29, 0.717) is 6.54 Å². The van der Waals surface area contributed by atoms with Crippen LogP contribution in [0.2, 0.25) is 0 Å². The van der Waals surface area contributed by atoms with E-state index in [0.717, 1.165) is 31.7 Å². The highest BCUT2D eigenvalue weighted by molar-refractivity contribution is 5.85. The molecule has 0 saturated carbocycles. The largest absolute Gasteiger partial charge is 0.477 e. The van der Waals surface area contributed by atoms with Crippen LogP contribution in [0.5, 0.6) is 0 Å². The molecule has 1 aromatic rings. The van der Waals surface area contributed by atoms with Crippen molar-refractivity contribution in [3.63, 3.8) is 0 Å². The molecule has 1 atom stereocenters. The lowest BCUT2D eigenvalue weighted by Gasteiger charge is -2.10. The average Bonchev–Trinajstić information content (AvgIpc) is 2.82. The maximum absolute atomic E-state index is 10.7. The molecular formula is C12H16N2O3. The van der Waals surface area contributed by atoms with Gasteiger partial charge in [0.05, 0.1) is 11.8 Å². The molecule has 1 saturated heterocycles. The molecule has 5 heteroatoms. The lowest BCUT2D eigenvalue weighted by Crippen LogP contribution is -2.26. The topological polar surface area (TPSA) is 71.5 Å². The fourth-order valence-corrected chi connectivity index (χ4v) is 1.86. The minimum absolute atomic E-state index is 0.0846. The van der Waals surface area contributed by atoms with Gasteiger partial charge >= 0.3 is 5.97 Å². The first kappa shape index (κ1) is 12.0. The van der Waals surface area contributed by atoms with E-state index < -0.39 is 5.97 Å². The molecule has 0 bridgehead atoms. The number of hydrogen-bond acceptors (Lipinski definition) is 4. The van der Waals surface area contributed by atoms with Crippen molar-refractivity contribution in [1.29, 1.82) is 0 Å². The normalized spacial score (nSPS) is 19.4. The van der Waals surface area contributed by atoms with Crippen molar-refractivity contribution in [3.8, 4) is 0 Å². The van der Waals surface area contributed by atoms with Gasteiger partial charge in [-0.15, -0.1) is 0 Å². The van der Waals surface area contributed by atoms with Crippen molar-refractivity contribution in [3.05, 3.63) is 29.6 Å². The summed E-state index contributed by atoms with van der Waals surface area (Å²) in [4.78, 5) is 14.8. The molecule has 0 aliphatic carbocycles. The second-order valence-corrected chi connectivity index (χ2v) is 4.09. The molecule has 17 heavy (non-hydrogen) atoms. The lowest BCUT2D eigenvalue weighted by molar-refractivity contribution is 0.0690. The summed E-state index contributed by atoms with van der Waals surface area (Å²) >= 11 is 0. The van der Waals surface area contributed by atoms with E-state index in [4.69, 9.17) is 9.84 Å². The van der Waals surface area contributed by atoms with Crippen LogP contribution in [0, 0.1) is 0 Å². The number of carboxylic acid groups (broad SMARTS) is 1. The van der Waals surface area contributed by atoms with E-state index in [-0.39, 0.29) is 11.8 Å². The summed E-state index contributed by atoms with van der Waals surface area (Å²) in [5.74, 6) is -0.994. The molecule has 0 spiro atoms. The predicted octanol–water partition coefficient (Wildman–Crippen LogP) is 1.05. The van der Waals surface area contributed by atoms with Gasteiger partial charge in [-0.2, -0.15) is 0 Å². The van der Waals surface area contributed by atoms with Crippen molar-refractivity contribution in [2.45, 2.75) is 25.5 Å². The fourth-order valence-electron chi connectivity index (χ4n) is 1.86. The Balaban J connectivity index is 1.81. The van der Waals surface area contributed by atoms with Gasteiger partial charge in [-0.3, -0.25) is 0 Å². The Hall–Kier alpha value is -1.46. The Labute approximate surface area is 99.8 Å². The van der Waals surface area contributed by atoms with E-state index >= 15 is 0 Å². The first-order valence-electron chi connectivity index (χ1n) is 5.77. The fraction of sp³-hybridized carbons (Fsp3) is 0.500. The SMILES string of the molecule is O=C(O)c1cccc(CNCC2CCCO2)n1. The molecule has 92 valence electrons. The van der Waals surface area contributed by atoms with Gasteiger partial charge in [0.15, 0.2) is 0 Å². The summed E-state index contributed by atoms with van der Waals surface area (Å²) in [6, 6.07) is 5.01. The summed E-state index contributed by atoms with van der Waals surface area (Å²) in [5, 5.41) is 12.0. The molecule has 0 amide bonds. The number of carbonyl (C=O) groups is 1. The van der Waals surface area contributed by atoms with Gasteiger partial charge in [0, 0.05) is 19.7 Å². The van der Waals surface area contributed by atoms with Crippen molar-refractivity contribution in [2.24, 2.45) is 0 Å². The number of hydrogen-bond donors (Lipinski definition) is 2. The number of pyridine rings is 1. The summed E-state index contributed by atoms with van der Waals surface area (Å²) in [6.07, 6.45) is 2.51. The maximum Gasteiger partial charge on any atom is 0.354 e. The molecule has 1 unspecified atom stereocenters. The quantitative estimate of drug-likeness (QED) is 0.799. The number of ether oxygens (including phenoxy) is 1. The van der Waals surface area contributed by atoms with Crippen molar-refractivity contribution in [1.82, 2.24) is 10.3 Å². The monoisotopic (exact) mass is 236 g/mol. The van der Waals surface area contributed by atoms with Crippen LogP contribution < -0.4 is 5.32 Å². The number of aromatic carboxylic acids is 1. The number of aromatic nitrogens is 1. The highest BCUT2D eigenvalue weighted by Gasteiger charge is 2.14. The van der Waals surface area contributed by atoms with Crippen LogP contribution in [0.3, 0.4) is 0 Å². The smallest absolute Gasteiger partial charge is 0.354 e. The third kappa shape index (κ3) is 3.51. The van der Waals surface area contributed by atoms with Crippen molar-refractivity contribution < 1.29 is 14.6 Å². The minimum Gasteiger partial charge on any atom is -0.477 e. The highest BCUT2D eigenvalue weighted by atomic mass is 16.5. The third-order valence-electron chi connectivity index (χ3n) is 2.73. The molecule has 0 aromatic carbocycles. The van der Waals surface area contributed by atoms with Crippen LogP contribution in [-0.2, 0) is 11.3 Å². The van der Waals surface area contributed by atoms with Crippen LogP contribution >= 0.6 is 0 Å². The van der Waals surface area contributed by atoms with Crippen LogP contribution in [0.25, 0.3) is 0 Å². The van der Waals surface area contributed by atoms with Gasteiger partial charge in [-0.05, 0) is 25.0 Å². The Bertz CT molecular complexity index is 389. The van der Waals surface area contributed by atoms with Crippen LogP contribution in [-0.4, -0.2) is 35.3 Å². The molecule has 1 fully saturated rings. The molecular weight excluding hydrogens is 220 g/mol. The Morgan fingerprint density at radius 1 is 1.59 bits per heavy atom. The molecule has 1 aromatic heterocycles. The first-order chi connectivity index (χ1) is 8.25. The molecule has 2 heterocycles. The number of carboxylic acids is 1. The molecule has 1 aliphatic heterocycles. The second-order valence-electron chi connectivity index (χ2n) is 4.09. The van der Waals surface area contributed by atoms with Crippen LogP contribution in [0.15, 0.2) is 18.2 Å². The number of rotatable bonds is 5. The first-order valence-corrected chi connectivity index (χ1v) is 5.77. The summed E-state index contributed by atoms with van der Waals surface area (Å²) in [7, 11) is 0. The molecule has 2 N–H and O–H groups in total. The van der Waals surface area contributed by atoms with E-state index in [1.165, 1.54) is 6.07 Å². The van der Waals surface area contributed by atoms with Crippen LogP contribution in [0.1, 0.15) is 29.0 Å². The zero-order valence-corrected chi connectivity index (χ0v) is 9.56. The van der Waals surface area contributed by atoms with E-state index in [1.807, 2.05) is 6.07 Å². The summed E-state index contributed by atoms with van der Waals surface area (Å²) in [6.45, 7) is 2.21. The number of nitrogens with one attached hydrogen (secondary N) is 1. The maximum atomic E-state index is 10.7. The zero-order chi connectivity index (χ0) is 12.1. The van der Waals surface area contributed by atoms with Crippen molar-refractivity contribution in [2.75, 3.05) is 13.2 Å². The van der Waals surface area contributed by atoms with Crippen molar-refractivity contribution >= 4 is 5.97 Å². The third-order valence-corrected chi connectivity index (χ3v) is 2.73. The highest BCUT2D eigenvalue weighted by Crippen LogP contribution is 2.10. The van der Waals surface area contributed by atoms with Gasteiger partial charge in [0.1, 0.15) is 5.69 Å². The van der Waals surface area contributed by atoms with E-state index in [1.54, 1.807) is 6.07 Å². The Morgan fingerprint density at radius 3 is 3.18 bits per heavy atom. The standard InChI is InChI=1S/C12H16N2O3/c15-12(16)11-5-1-3-9(14-11)7-13-8-10-4-2-6-17-10/h1,3,5,10,13H,2,4,6-8H2,(H,15,16). The molecule has 1 aliphatic rings. The number of nitrogens with zero attached hydrogens (tertiary/aromatic N) is 1. The average molecular weight is 236 g/mol. The molecule has 5 nitrogen and oxygen atoms in total. The lowest BCUT2D eigenvalue weighted by atomic mass is 10.2. The van der Waals surface area contributed by atoms with Gasteiger partial charge in [0.2, 0.25) is 0 Å². The zero-order valence-electron chi connectivity index (χ0n) is 9.56. The molecule has 0 radical (unpaired) electrons. The van der Waals surface area contributed by atoms with E-state index in [9.17, 15) is 4.79 Å². The van der Waals surface area contributed by atoms with Crippen LogP contribution in [0.4, 0.5) is 0 Å². The Kier molecular flexibility index (Phi) is 4.06. The summed E-state index contributed by atoms with van der Waals surface area (Å²) < 4.78 is 5.48.